The Kier molecular flexibility index (Phi) is 6.90. The quantitative estimate of drug-likeness (QED) is 0.486. The van der Waals surface area contributed by atoms with Crippen molar-refractivity contribution in [1.82, 2.24) is 10.2 Å². The van der Waals surface area contributed by atoms with Crippen LogP contribution in [0.4, 0.5) is 0 Å². The second-order valence-corrected chi connectivity index (χ2v) is 4.59. The number of rotatable bonds is 3. The van der Waals surface area contributed by atoms with E-state index in [9.17, 15) is 0 Å². The SMILES string of the molecule is CCNC(=NCC1COc2ccccc2O1)N(C)C.I. The van der Waals surface area contributed by atoms with E-state index in [4.69, 9.17) is 9.47 Å². The van der Waals surface area contributed by atoms with Gasteiger partial charge in [-0.3, -0.25) is 0 Å². The van der Waals surface area contributed by atoms with Crippen molar-refractivity contribution < 1.29 is 9.47 Å². The molecule has 0 saturated carbocycles. The molecule has 1 aromatic carbocycles. The van der Waals surface area contributed by atoms with E-state index in [1.807, 2.05) is 43.3 Å². The predicted octanol–water partition coefficient (Wildman–Crippen LogP) is 1.97. The predicted molar refractivity (Wildman–Crippen MR) is 91.4 cm³/mol. The van der Waals surface area contributed by atoms with Crippen LogP contribution in [0.5, 0.6) is 11.5 Å². The van der Waals surface area contributed by atoms with E-state index >= 15 is 0 Å². The number of aliphatic imine (C=N–C) groups is 1. The van der Waals surface area contributed by atoms with Crippen molar-refractivity contribution in [2.24, 2.45) is 4.99 Å². The Bertz CT molecular complexity index is 452. The molecule has 0 amide bonds. The first-order valence-corrected chi connectivity index (χ1v) is 6.55. The van der Waals surface area contributed by atoms with E-state index in [0.717, 1.165) is 24.0 Å². The maximum atomic E-state index is 5.86. The summed E-state index contributed by atoms with van der Waals surface area (Å²) in [6.07, 6.45) is -0.0384. The van der Waals surface area contributed by atoms with Gasteiger partial charge in [0.25, 0.3) is 0 Å². The van der Waals surface area contributed by atoms with Crippen LogP contribution in [0.15, 0.2) is 29.3 Å². The Morgan fingerprint density at radius 1 is 1.35 bits per heavy atom. The van der Waals surface area contributed by atoms with Gasteiger partial charge in [-0.05, 0) is 19.1 Å². The molecule has 0 fully saturated rings. The average molecular weight is 391 g/mol. The Hall–Kier alpha value is -1.18. The molecule has 1 heterocycles. The second-order valence-electron chi connectivity index (χ2n) is 4.59. The number of hydrogen-bond acceptors (Lipinski definition) is 3. The molecule has 1 N–H and O–H groups in total. The Balaban J connectivity index is 0.00000200. The first-order chi connectivity index (χ1) is 9.20. The fourth-order valence-corrected chi connectivity index (χ4v) is 1.85. The molecule has 20 heavy (non-hydrogen) atoms. The lowest BCUT2D eigenvalue weighted by Gasteiger charge is -2.26. The van der Waals surface area contributed by atoms with Crippen LogP contribution in [0.1, 0.15) is 6.92 Å². The van der Waals surface area contributed by atoms with Crippen molar-refractivity contribution in [3.63, 3.8) is 0 Å². The molecule has 112 valence electrons. The van der Waals surface area contributed by atoms with Crippen LogP contribution in [0.25, 0.3) is 0 Å². The third kappa shape index (κ3) is 4.43. The molecular formula is C14H22IN3O2. The second kappa shape index (κ2) is 8.18. The summed E-state index contributed by atoms with van der Waals surface area (Å²) in [5, 5.41) is 3.22. The van der Waals surface area contributed by atoms with Crippen LogP contribution in [0, 0.1) is 0 Å². The van der Waals surface area contributed by atoms with Gasteiger partial charge in [-0.25, -0.2) is 4.99 Å². The van der Waals surface area contributed by atoms with Gasteiger partial charge in [0.2, 0.25) is 0 Å². The van der Waals surface area contributed by atoms with E-state index in [0.29, 0.717) is 13.2 Å². The molecule has 1 atom stereocenters. The number of benzene rings is 1. The first-order valence-electron chi connectivity index (χ1n) is 6.55. The topological polar surface area (TPSA) is 46.1 Å². The van der Waals surface area contributed by atoms with Crippen molar-refractivity contribution in [2.75, 3.05) is 33.8 Å². The Morgan fingerprint density at radius 3 is 2.70 bits per heavy atom. The summed E-state index contributed by atoms with van der Waals surface area (Å²) in [5.74, 6) is 2.47. The minimum absolute atomic E-state index is 0. The molecule has 0 spiro atoms. The highest BCUT2D eigenvalue weighted by Gasteiger charge is 2.20. The summed E-state index contributed by atoms with van der Waals surface area (Å²) in [5.41, 5.74) is 0. The van der Waals surface area contributed by atoms with Crippen LogP contribution in [0.3, 0.4) is 0 Å². The van der Waals surface area contributed by atoms with Gasteiger partial charge in [-0.15, -0.1) is 24.0 Å². The summed E-state index contributed by atoms with van der Waals surface area (Å²) in [6, 6.07) is 7.72. The fraction of sp³-hybridized carbons (Fsp3) is 0.500. The largest absolute Gasteiger partial charge is 0.486 e. The zero-order chi connectivity index (χ0) is 13.7. The molecule has 0 aromatic heterocycles. The maximum Gasteiger partial charge on any atom is 0.193 e. The number of nitrogens with zero attached hydrogens (tertiary/aromatic N) is 2. The van der Waals surface area contributed by atoms with Gasteiger partial charge < -0.3 is 19.7 Å². The third-order valence-corrected chi connectivity index (χ3v) is 2.77. The number of nitrogens with one attached hydrogen (secondary N) is 1. The van der Waals surface area contributed by atoms with Gasteiger partial charge in [-0.1, -0.05) is 12.1 Å². The molecule has 1 aliphatic rings. The van der Waals surface area contributed by atoms with E-state index in [-0.39, 0.29) is 30.1 Å². The lowest BCUT2D eigenvalue weighted by Crippen LogP contribution is -2.38. The molecule has 0 saturated heterocycles. The van der Waals surface area contributed by atoms with Crippen molar-refractivity contribution in [1.29, 1.82) is 0 Å². The molecule has 1 aliphatic heterocycles. The highest BCUT2D eigenvalue weighted by molar-refractivity contribution is 14.0. The van der Waals surface area contributed by atoms with E-state index in [1.165, 1.54) is 0 Å². The smallest absolute Gasteiger partial charge is 0.193 e. The molecule has 2 rings (SSSR count). The van der Waals surface area contributed by atoms with Crippen LogP contribution in [0.2, 0.25) is 0 Å². The molecule has 0 bridgehead atoms. The normalized spacial score (nSPS) is 17.1. The average Bonchev–Trinajstić information content (AvgIpc) is 2.43. The maximum absolute atomic E-state index is 5.86. The molecule has 0 radical (unpaired) electrons. The summed E-state index contributed by atoms with van der Waals surface area (Å²) < 4.78 is 11.5. The van der Waals surface area contributed by atoms with E-state index < -0.39 is 0 Å². The van der Waals surface area contributed by atoms with Crippen LogP contribution in [-0.2, 0) is 0 Å². The minimum Gasteiger partial charge on any atom is -0.486 e. The van der Waals surface area contributed by atoms with Crippen LogP contribution >= 0.6 is 24.0 Å². The van der Waals surface area contributed by atoms with Crippen LogP contribution < -0.4 is 14.8 Å². The number of guanidine groups is 1. The fourth-order valence-electron chi connectivity index (χ4n) is 1.85. The zero-order valence-electron chi connectivity index (χ0n) is 12.1. The summed E-state index contributed by atoms with van der Waals surface area (Å²) in [7, 11) is 3.93. The molecule has 1 unspecified atom stereocenters. The van der Waals surface area contributed by atoms with Crippen molar-refractivity contribution in [3.8, 4) is 11.5 Å². The van der Waals surface area contributed by atoms with Crippen molar-refractivity contribution in [3.05, 3.63) is 24.3 Å². The lowest BCUT2D eigenvalue weighted by atomic mass is 10.2. The van der Waals surface area contributed by atoms with Gasteiger partial charge in [0, 0.05) is 20.6 Å². The van der Waals surface area contributed by atoms with Gasteiger partial charge in [0.05, 0.1) is 6.54 Å². The first kappa shape index (κ1) is 16.9. The Labute approximate surface area is 137 Å². The zero-order valence-corrected chi connectivity index (χ0v) is 14.5. The van der Waals surface area contributed by atoms with Crippen molar-refractivity contribution >= 4 is 29.9 Å². The van der Waals surface area contributed by atoms with Gasteiger partial charge in [0.15, 0.2) is 23.6 Å². The third-order valence-electron chi connectivity index (χ3n) is 2.77. The van der Waals surface area contributed by atoms with Gasteiger partial charge >= 0.3 is 0 Å². The van der Waals surface area contributed by atoms with Gasteiger partial charge in [0.1, 0.15) is 6.61 Å². The molecule has 0 aliphatic carbocycles. The lowest BCUT2D eigenvalue weighted by molar-refractivity contribution is 0.0970. The number of ether oxygens (including phenoxy) is 2. The molecule has 5 nitrogen and oxygen atoms in total. The van der Waals surface area contributed by atoms with Crippen molar-refractivity contribution in [2.45, 2.75) is 13.0 Å². The highest BCUT2D eigenvalue weighted by atomic mass is 127. The number of para-hydroxylation sites is 2. The summed E-state index contributed by atoms with van der Waals surface area (Å²) >= 11 is 0. The summed E-state index contributed by atoms with van der Waals surface area (Å²) in [6.45, 7) is 4.01. The number of halogens is 1. The Morgan fingerprint density at radius 2 is 2.05 bits per heavy atom. The molecular weight excluding hydrogens is 369 g/mol. The summed E-state index contributed by atoms with van der Waals surface area (Å²) in [4.78, 5) is 6.50. The van der Waals surface area contributed by atoms with E-state index in [2.05, 4.69) is 17.2 Å². The molecule has 1 aromatic rings. The van der Waals surface area contributed by atoms with E-state index in [1.54, 1.807) is 0 Å². The number of fused-ring (bicyclic) bond motifs is 1. The highest BCUT2D eigenvalue weighted by Crippen LogP contribution is 2.30. The minimum atomic E-state index is -0.0384. The van der Waals surface area contributed by atoms with Crippen LogP contribution in [-0.4, -0.2) is 50.8 Å². The van der Waals surface area contributed by atoms with Gasteiger partial charge in [-0.2, -0.15) is 0 Å². The standard InChI is InChI=1S/C14H21N3O2.HI/c1-4-15-14(17(2)3)16-9-11-10-18-12-7-5-6-8-13(12)19-11;/h5-8,11H,4,9-10H2,1-3H3,(H,15,16);1H. The monoisotopic (exact) mass is 391 g/mol. The molecule has 6 heteroatoms. The number of hydrogen-bond donors (Lipinski definition) is 1.